The number of benzene rings is 1. The van der Waals surface area contributed by atoms with Crippen molar-refractivity contribution in [2.45, 2.75) is 11.3 Å². The van der Waals surface area contributed by atoms with E-state index in [0.717, 1.165) is 11.8 Å². The average molecular weight is 259 g/mol. The van der Waals surface area contributed by atoms with Crippen LogP contribution < -0.4 is 15.2 Å². The molecule has 0 spiro atoms. The van der Waals surface area contributed by atoms with Gasteiger partial charge in [0, 0.05) is 17.9 Å². The number of rotatable bonds is 5. The fraction of sp³-hybridized carbons (Fsp3) is 0.455. The van der Waals surface area contributed by atoms with E-state index < -0.39 is 9.84 Å². The summed E-state index contributed by atoms with van der Waals surface area (Å²) in [5.41, 5.74) is 6.22. The Morgan fingerprint density at radius 1 is 1.24 bits per heavy atom. The van der Waals surface area contributed by atoms with Crippen LogP contribution in [-0.2, 0) is 16.3 Å². The maximum Gasteiger partial charge on any atom is 0.179 e. The van der Waals surface area contributed by atoms with Crippen molar-refractivity contribution in [2.24, 2.45) is 5.73 Å². The first-order valence-corrected chi connectivity index (χ1v) is 6.98. The van der Waals surface area contributed by atoms with E-state index >= 15 is 0 Å². The third kappa shape index (κ3) is 3.10. The summed E-state index contributed by atoms with van der Waals surface area (Å²) in [6.45, 7) is 0.409. The molecule has 0 atom stereocenters. The topological polar surface area (TPSA) is 78.6 Å². The molecule has 0 saturated heterocycles. The van der Waals surface area contributed by atoms with E-state index in [9.17, 15) is 8.42 Å². The maximum absolute atomic E-state index is 11.7. The lowest BCUT2D eigenvalue weighted by Crippen LogP contribution is -2.08. The van der Waals surface area contributed by atoms with Crippen molar-refractivity contribution in [3.63, 3.8) is 0 Å². The van der Waals surface area contributed by atoms with Crippen molar-refractivity contribution in [3.05, 3.63) is 17.7 Å². The summed E-state index contributed by atoms with van der Waals surface area (Å²) in [6, 6.07) is 3.19. The van der Waals surface area contributed by atoms with Crippen LogP contribution in [0.4, 0.5) is 0 Å². The molecule has 0 amide bonds. The molecule has 5 nitrogen and oxygen atoms in total. The minimum atomic E-state index is -3.36. The highest BCUT2D eigenvalue weighted by molar-refractivity contribution is 7.90. The molecular weight excluding hydrogens is 242 g/mol. The van der Waals surface area contributed by atoms with Gasteiger partial charge in [-0.25, -0.2) is 8.42 Å². The minimum Gasteiger partial charge on any atom is -0.497 e. The molecule has 1 aromatic rings. The van der Waals surface area contributed by atoms with Crippen molar-refractivity contribution in [1.29, 1.82) is 0 Å². The van der Waals surface area contributed by atoms with Crippen molar-refractivity contribution >= 4 is 9.84 Å². The Bertz CT molecular complexity index is 496. The van der Waals surface area contributed by atoms with Crippen LogP contribution in [0.3, 0.4) is 0 Å². The molecule has 0 aromatic heterocycles. The van der Waals surface area contributed by atoms with Crippen LogP contribution in [-0.4, -0.2) is 35.4 Å². The zero-order valence-corrected chi connectivity index (χ0v) is 11.0. The monoisotopic (exact) mass is 259 g/mol. The number of sulfone groups is 1. The van der Waals surface area contributed by atoms with Crippen LogP contribution in [0.1, 0.15) is 5.56 Å². The van der Waals surface area contributed by atoms with Gasteiger partial charge in [-0.15, -0.1) is 0 Å². The molecule has 1 aromatic carbocycles. The zero-order chi connectivity index (χ0) is 13.1. The quantitative estimate of drug-likeness (QED) is 0.838. The van der Waals surface area contributed by atoms with E-state index in [4.69, 9.17) is 15.2 Å². The molecule has 0 heterocycles. The van der Waals surface area contributed by atoms with E-state index in [1.54, 1.807) is 6.07 Å². The molecule has 0 radical (unpaired) electrons. The molecule has 0 saturated carbocycles. The summed E-state index contributed by atoms with van der Waals surface area (Å²) >= 11 is 0. The zero-order valence-electron chi connectivity index (χ0n) is 10.2. The van der Waals surface area contributed by atoms with Gasteiger partial charge in [-0.05, 0) is 19.0 Å². The summed E-state index contributed by atoms with van der Waals surface area (Å²) in [6.07, 6.45) is 1.67. The van der Waals surface area contributed by atoms with Gasteiger partial charge in [0.2, 0.25) is 0 Å². The fourth-order valence-corrected chi connectivity index (χ4v) is 2.48. The van der Waals surface area contributed by atoms with Crippen LogP contribution in [0.25, 0.3) is 0 Å². The number of nitrogens with two attached hydrogens (primary N) is 1. The SMILES string of the molecule is COc1cc(CCN)c(OC)c(S(C)(=O)=O)c1. The van der Waals surface area contributed by atoms with Crippen molar-refractivity contribution in [1.82, 2.24) is 0 Å². The lowest BCUT2D eigenvalue weighted by molar-refractivity contribution is 0.387. The van der Waals surface area contributed by atoms with Crippen LogP contribution in [0, 0.1) is 0 Å². The molecule has 96 valence electrons. The molecule has 0 bridgehead atoms. The Morgan fingerprint density at radius 2 is 1.88 bits per heavy atom. The summed E-state index contributed by atoms with van der Waals surface area (Å²) in [5, 5.41) is 0. The normalized spacial score (nSPS) is 11.3. The van der Waals surface area contributed by atoms with E-state index in [-0.39, 0.29) is 4.90 Å². The second-order valence-corrected chi connectivity index (χ2v) is 5.61. The molecule has 0 aliphatic carbocycles. The predicted molar refractivity (Wildman–Crippen MR) is 65.4 cm³/mol. The second-order valence-electron chi connectivity index (χ2n) is 3.63. The first-order valence-electron chi connectivity index (χ1n) is 5.09. The van der Waals surface area contributed by atoms with Gasteiger partial charge in [0.25, 0.3) is 0 Å². The molecule has 1 rings (SSSR count). The molecule has 0 aliphatic heterocycles. The first kappa shape index (κ1) is 13.8. The molecule has 0 fully saturated rings. The smallest absolute Gasteiger partial charge is 0.179 e. The van der Waals surface area contributed by atoms with Gasteiger partial charge in [-0.3, -0.25) is 0 Å². The van der Waals surface area contributed by atoms with Gasteiger partial charge in [0.15, 0.2) is 9.84 Å². The highest BCUT2D eigenvalue weighted by Gasteiger charge is 2.19. The van der Waals surface area contributed by atoms with Crippen LogP contribution >= 0.6 is 0 Å². The summed E-state index contributed by atoms with van der Waals surface area (Å²) in [4.78, 5) is 0.128. The Balaban J connectivity index is 3.50. The molecule has 2 N–H and O–H groups in total. The first-order chi connectivity index (χ1) is 7.93. The number of methoxy groups -OCH3 is 2. The average Bonchev–Trinajstić information content (AvgIpc) is 2.27. The van der Waals surface area contributed by atoms with Crippen LogP contribution in [0.2, 0.25) is 0 Å². The Labute approximate surface area is 101 Å². The minimum absolute atomic E-state index is 0.128. The van der Waals surface area contributed by atoms with Crippen molar-refractivity contribution in [3.8, 4) is 11.5 Å². The fourth-order valence-electron chi connectivity index (χ4n) is 1.60. The van der Waals surface area contributed by atoms with E-state index in [1.165, 1.54) is 20.3 Å². The lowest BCUT2D eigenvalue weighted by Gasteiger charge is -2.14. The number of hydrogen-bond acceptors (Lipinski definition) is 5. The third-order valence-corrected chi connectivity index (χ3v) is 3.46. The van der Waals surface area contributed by atoms with Gasteiger partial charge < -0.3 is 15.2 Å². The van der Waals surface area contributed by atoms with E-state index in [2.05, 4.69) is 0 Å². The molecular formula is C11H17NO4S. The second kappa shape index (κ2) is 5.37. The van der Waals surface area contributed by atoms with E-state index in [0.29, 0.717) is 24.5 Å². The van der Waals surface area contributed by atoms with Gasteiger partial charge >= 0.3 is 0 Å². The maximum atomic E-state index is 11.7. The van der Waals surface area contributed by atoms with E-state index in [1.807, 2.05) is 0 Å². The van der Waals surface area contributed by atoms with Crippen molar-refractivity contribution in [2.75, 3.05) is 27.0 Å². The summed E-state index contributed by atoms with van der Waals surface area (Å²) in [5.74, 6) is 0.827. The third-order valence-electron chi connectivity index (χ3n) is 2.36. The molecule has 0 unspecified atom stereocenters. The largest absolute Gasteiger partial charge is 0.497 e. The predicted octanol–water partition coefficient (Wildman–Crippen LogP) is 0.609. The molecule has 17 heavy (non-hydrogen) atoms. The molecule has 6 heteroatoms. The Kier molecular flexibility index (Phi) is 4.36. The Morgan fingerprint density at radius 3 is 2.29 bits per heavy atom. The molecule has 0 aliphatic rings. The van der Waals surface area contributed by atoms with Gasteiger partial charge in [-0.2, -0.15) is 0 Å². The number of ether oxygens (including phenoxy) is 2. The standard InChI is InChI=1S/C11H17NO4S/c1-15-9-6-8(4-5-12)11(16-2)10(7-9)17(3,13)14/h6-7H,4-5,12H2,1-3H3. The highest BCUT2D eigenvalue weighted by Crippen LogP contribution is 2.32. The lowest BCUT2D eigenvalue weighted by atomic mass is 10.1. The van der Waals surface area contributed by atoms with Crippen molar-refractivity contribution < 1.29 is 17.9 Å². The van der Waals surface area contributed by atoms with Crippen LogP contribution in [0.5, 0.6) is 11.5 Å². The Hall–Kier alpha value is -1.27. The van der Waals surface area contributed by atoms with Gasteiger partial charge in [0.05, 0.1) is 14.2 Å². The highest BCUT2D eigenvalue weighted by atomic mass is 32.2. The van der Waals surface area contributed by atoms with Gasteiger partial charge in [0.1, 0.15) is 16.4 Å². The van der Waals surface area contributed by atoms with Crippen LogP contribution in [0.15, 0.2) is 17.0 Å². The summed E-state index contributed by atoms with van der Waals surface area (Å²) in [7, 11) is -0.438. The summed E-state index contributed by atoms with van der Waals surface area (Å²) < 4.78 is 33.6. The van der Waals surface area contributed by atoms with Gasteiger partial charge in [-0.1, -0.05) is 0 Å². The number of hydrogen-bond donors (Lipinski definition) is 1.